The number of rotatable bonds is 5. The standard InChI is InChI=1S/C15H24N2O4/c1-10-5-7-16-11(9-10)13(19)12(18)6-8-17-14(20)21-15(2,3)4/h5,7,9,12-13,18-19H,6,8H2,1-4H3,(H,17,20). The fraction of sp³-hybridized carbons (Fsp3) is 0.600. The highest BCUT2D eigenvalue weighted by Gasteiger charge is 2.20. The number of alkyl carbamates (subject to hydrolysis) is 1. The van der Waals surface area contributed by atoms with Gasteiger partial charge in [-0.1, -0.05) is 0 Å². The summed E-state index contributed by atoms with van der Waals surface area (Å²) in [5.41, 5.74) is 0.811. The number of carbonyl (C=O) groups excluding carboxylic acids is 1. The molecule has 1 aromatic heterocycles. The number of amides is 1. The van der Waals surface area contributed by atoms with Crippen molar-refractivity contribution in [3.63, 3.8) is 0 Å². The lowest BCUT2D eigenvalue weighted by Gasteiger charge is -2.21. The van der Waals surface area contributed by atoms with Crippen LogP contribution in [0.25, 0.3) is 0 Å². The lowest BCUT2D eigenvalue weighted by atomic mass is 10.1. The van der Waals surface area contributed by atoms with Gasteiger partial charge in [0.1, 0.15) is 11.7 Å². The van der Waals surface area contributed by atoms with Crippen LogP contribution >= 0.6 is 0 Å². The summed E-state index contributed by atoms with van der Waals surface area (Å²) in [5.74, 6) is 0. The number of aliphatic hydroxyl groups is 2. The molecule has 1 amide bonds. The predicted molar refractivity (Wildman–Crippen MR) is 78.8 cm³/mol. The van der Waals surface area contributed by atoms with Crippen LogP contribution in [-0.4, -0.2) is 39.5 Å². The maximum absolute atomic E-state index is 11.4. The normalized spacial score (nSPS) is 14.4. The van der Waals surface area contributed by atoms with Gasteiger partial charge in [-0.05, 0) is 51.8 Å². The van der Waals surface area contributed by atoms with Crippen molar-refractivity contribution in [3.8, 4) is 0 Å². The van der Waals surface area contributed by atoms with E-state index in [4.69, 9.17) is 4.74 Å². The molecule has 2 atom stereocenters. The first-order valence-corrected chi connectivity index (χ1v) is 6.94. The zero-order valence-corrected chi connectivity index (χ0v) is 13.0. The molecule has 0 aliphatic heterocycles. The second-order valence-electron chi connectivity index (χ2n) is 5.99. The number of carbonyl (C=O) groups is 1. The highest BCUT2D eigenvalue weighted by atomic mass is 16.6. The molecule has 0 radical (unpaired) electrons. The fourth-order valence-corrected chi connectivity index (χ4v) is 1.71. The van der Waals surface area contributed by atoms with Crippen molar-refractivity contribution < 1.29 is 19.7 Å². The molecule has 2 unspecified atom stereocenters. The van der Waals surface area contributed by atoms with E-state index >= 15 is 0 Å². The molecule has 21 heavy (non-hydrogen) atoms. The molecule has 6 nitrogen and oxygen atoms in total. The van der Waals surface area contributed by atoms with Gasteiger partial charge in [0.25, 0.3) is 0 Å². The van der Waals surface area contributed by atoms with Gasteiger partial charge >= 0.3 is 6.09 Å². The second kappa shape index (κ2) is 7.38. The average molecular weight is 296 g/mol. The minimum Gasteiger partial charge on any atom is -0.444 e. The number of pyridine rings is 1. The Morgan fingerprint density at radius 2 is 2.10 bits per heavy atom. The van der Waals surface area contributed by atoms with Gasteiger partial charge < -0.3 is 20.3 Å². The van der Waals surface area contributed by atoms with E-state index in [2.05, 4.69) is 10.3 Å². The van der Waals surface area contributed by atoms with Crippen molar-refractivity contribution in [3.05, 3.63) is 29.6 Å². The summed E-state index contributed by atoms with van der Waals surface area (Å²) in [5, 5.41) is 22.5. The number of hydrogen-bond acceptors (Lipinski definition) is 5. The van der Waals surface area contributed by atoms with Crippen LogP contribution in [0.1, 0.15) is 44.6 Å². The van der Waals surface area contributed by atoms with Gasteiger partial charge in [-0.15, -0.1) is 0 Å². The Morgan fingerprint density at radius 1 is 1.43 bits per heavy atom. The van der Waals surface area contributed by atoms with E-state index in [9.17, 15) is 15.0 Å². The summed E-state index contributed by atoms with van der Waals surface area (Å²) in [6.45, 7) is 7.41. The summed E-state index contributed by atoms with van der Waals surface area (Å²) in [4.78, 5) is 15.5. The van der Waals surface area contributed by atoms with E-state index in [1.807, 2.05) is 13.0 Å². The van der Waals surface area contributed by atoms with E-state index < -0.39 is 23.9 Å². The summed E-state index contributed by atoms with van der Waals surface area (Å²) in [6, 6.07) is 3.53. The smallest absolute Gasteiger partial charge is 0.407 e. The molecule has 0 saturated carbocycles. The maximum atomic E-state index is 11.4. The van der Waals surface area contributed by atoms with Crippen molar-refractivity contribution >= 4 is 6.09 Å². The van der Waals surface area contributed by atoms with E-state index in [1.165, 1.54) is 0 Å². The Balaban J connectivity index is 2.40. The van der Waals surface area contributed by atoms with Crippen molar-refractivity contribution in [2.45, 2.75) is 51.9 Å². The monoisotopic (exact) mass is 296 g/mol. The molecular formula is C15H24N2O4. The first kappa shape index (κ1) is 17.4. The first-order valence-electron chi connectivity index (χ1n) is 6.94. The molecule has 0 fully saturated rings. The molecule has 1 rings (SSSR count). The largest absolute Gasteiger partial charge is 0.444 e. The van der Waals surface area contributed by atoms with Crippen molar-refractivity contribution in [2.75, 3.05) is 6.54 Å². The van der Waals surface area contributed by atoms with Gasteiger partial charge in [0, 0.05) is 12.7 Å². The Kier molecular flexibility index (Phi) is 6.11. The third-order valence-corrected chi connectivity index (χ3v) is 2.71. The lowest BCUT2D eigenvalue weighted by molar-refractivity contribution is 0.00991. The molecule has 3 N–H and O–H groups in total. The minimum absolute atomic E-state index is 0.204. The van der Waals surface area contributed by atoms with Crippen LogP contribution in [0.2, 0.25) is 0 Å². The number of aryl methyl sites for hydroxylation is 1. The second-order valence-corrected chi connectivity index (χ2v) is 5.99. The summed E-state index contributed by atoms with van der Waals surface area (Å²) >= 11 is 0. The molecule has 0 spiro atoms. The van der Waals surface area contributed by atoms with Gasteiger partial charge in [0.2, 0.25) is 0 Å². The Morgan fingerprint density at radius 3 is 2.67 bits per heavy atom. The predicted octanol–water partition coefficient (Wildman–Crippen LogP) is 1.70. The highest BCUT2D eigenvalue weighted by molar-refractivity contribution is 5.67. The van der Waals surface area contributed by atoms with E-state index in [-0.39, 0.29) is 13.0 Å². The van der Waals surface area contributed by atoms with Crippen LogP contribution in [0.4, 0.5) is 4.79 Å². The third kappa shape index (κ3) is 6.55. The Labute approximate surface area is 125 Å². The quantitative estimate of drug-likeness (QED) is 0.769. The molecule has 0 aliphatic carbocycles. The number of nitrogens with one attached hydrogen (secondary N) is 1. The SMILES string of the molecule is Cc1ccnc(C(O)C(O)CCNC(=O)OC(C)(C)C)c1. The van der Waals surface area contributed by atoms with Crippen molar-refractivity contribution in [1.82, 2.24) is 10.3 Å². The third-order valence-electron chi connectivity index (χ3n) is 2.71. The van der Waals surface area contributed by atoms with Crippen LogP contribution < -0.4 is 5.32 Å². The zero-order chi connectivity index (χ0) is 16.0. The highest BCUT2D eigenvalue weighted by Crippen LogP contribution is 2.17. The first-order chi connectivity index (χ1) is 9.69. The number of ether oxygens (including phenoxy) is 1. The van der Waals surface area contributed by atoms with Crippen LogP contribution in [-0.2, 0) is 4.74 Å². The fourth-order valence-electron chi connectivity index (χ4n) is 1.71. The van der Waals surface area contributed by atoms with Crippen LogP contribution in [0, 0.1) is 6.92 Å². The van der Waals surface area contributed by atoms with Crippen LogP contribution in [0.5, 0.6) is 0 Å². The van der Waals surface area contributed by atoms with Crippen molar-refractivity contribution in [1.29, 1.82) is 0 Å². The molecular weight excluding hydrogens is 272 g/mol. The Bertz CT molecular complexity index is 471. The molecule has 0 bridgehead atoms. The molecule has 0 saturated heterocycles. The summed E-state index contributed by atoms with van der Waals surface area (Å²) in [6.07, 6.45) is -0.840. The number of aromatic nitrogens is 1. The topological polar surface area (TPSA) is 91.7 Å². The van der Waals surface area contributed by atoms with Crippen LogP contribution in [0.3, 0.4) is 0 Å². The van der Waals surface area contributed by atoms with Gasteiger partial charge in [0.15, 0.2) is 0 Å². The molecule has 0 aliphatic rings. The zero-order valence-electron chi connectivity index (χ0n) is 13.0. The van der Waals surface area contributed by atoms with Crippen LogP contribution in [0.15, 0.2) is 18.3 Å². The number of nitrogens with zero attached hydrogens (tertiary/aromatic N) is 1. The molecule has 118 valence electrons. The average Bonchev–Trinajstić information content (AvgIpc) is 2.35. The minimum atomic E-state index is -1.08. The van der Waals surface area contributed by atoms with Gasteiger partial charge in [-0.25, -0.2) is 4.79 Å². The molecule has 1 heterocycles. The molecule has 6 heteroatoms. The summed E-state index contributed by atoms with van der Waals surface area (Å²) in [7, 11) is 0. The van der Waals surface area contributed by atoms with E-state index in [0.717, 1.165) is 5.56 Å². The van der Waals surface area contributed by atoms with Gasteiger partial charge in [-0.3, -0.25) is 4.98 Å². The lowest BCUT2D eigenvalue weighted by Crippen LogP contribution is -2.34. The van der Waals surface area contributed by atoms with Gasteiger partial charge in [0.05, 0.1) is 11.8 Å². The molecule has 0 aromatic carbocycles. The van der Waals surface area contributed by atoms with E-state index in [1.54, 1.807) is 33.0 Å². The number of hydrogen-bond donors (Lipinski definition) is 3. The number of aliphatic hydroxyl groups excluding tert-OH is 2. The Hall–Kier alpha value is -1.66. The van der Waals surface area contributed by atoms with Gasteiger partial charge in [-0.2, -0.15) is 0 Å². The van der Waals surface area contributed by atoms with Crippen molar-refractivity contribution in [2.24, 2.45) is 0 Å². The molecule has 1 aromatic rings. The van der Waals surface area contributed by atoms with E-state index in [0.29, 0.717) is 5.69 Å². The summed E-state index contributed by atoms with van der Waals surface area (Å²) < 4.78 is 5.07. The maximum Gasteiger partial charge on any atom is 0.407 e.